The van der Waals surface area contributed by atoms with Gasteiger partial charge in [-0.15, -0.1) is 0 Å². The second-order valence-corrected chi connectivity index (χ2v) is 5.00. The van der Waals surface area contributed by atoms with Gasteiger partial charge in [-0.3, -0.25) is 0 Å². The summed E-state index contributed by atoms with van der Waals surface area (Å²) < 4.78 is 60.4. The first-order valence-electron chi connectivity index (χ1n) is 7.12. The molecule has 0 saturated heterocycles. The molecule has 1 aromatic carbocycles. The summed E-state index contributed by atoms with van der Waals surface area (Å²) in [7, 11) is 0. The maximum absolute atomic E-state index is 14.3. The fourth-order valence-corrected chi connectivity index (χ4v) is 2.52. The van der Waals surface area contributed by atoms with E-state index >= 15 is 0 Å². The molecular formula is C14H11F4N5O2. The van der Waals surface area contributed by atoms with Gasteiger partial charge in [-0.1, -0.05) is 23.3 Å². The zero-order valence-corrected chi connectivity index (χ0v) is 12.7. The Morgan fingerprint density at radius 1 is 1.36 bits per heavy atom. The highest BCUT2D eigenvalue weighted by molar-refractivity contribution is 5.92. The van der Waals surface area contributed by atoms with Crippen LogP contribution in [0.5, 0.6) is 0 Å². The molecule has 2 heterocycles. The minimum Gasteiger partial charge on any atom is -0.463 e. The Hall–Kier alpha value is -2.98. The average Bonchev–Trinajstić information content (AvgIpc) is 3.01. The number of esters is 1. The summed E-state index contributed by atoms with van der Waals surface area (Å²) in [6.45, 7) is 1.29. The zero-order valence-electron chi connectivity index (χ0n) is 12.7. The number of ether oxygens (including phenoxy) is 1. The lowest BCUT2D eigenvalue weighted by atomic mass is 9.94. The highest BCUT2D eigenvalue weighted by Gasteiger charge is 2.47. The molecule has 0 spiro atoms. The number of allylic oxidation sites excluding steroid dienone is 1. The molecule has 0 saturated carbocycles. The van der Waals surface area contributed by atoms with Crippen LogP contribution in [-0.2, 0) is 9.53 Å². The standard InChI is InChI=1S/C14H11F4N5O2/c1-2-25-12(24)9-10(7-5-3-4-6-8(7)15)23-13(20-21-22-23)19-11(9)14(16,17)18/h3-6,10H,2H2,1H3,(H,19,20,22). The van der Waals surface area contributed by atoms with E-state index in [4.69, 9.17) is 4.74 Å². The van der Waals surface area contributed by atoms with Crippen molar-refractivity contribution in [1.29, 1.82) is 0 Å². The second-order valence-electron chi connectivity index (χ2n) is 5.00. The molecule has 7 nitrogen and oxygen atoms in total. The van der Waals surface area contributed by atoms with Crippen LogP contribution in [0.25, 0.3) is 0 Å². The topological polar surface area (TPSA) is 81.9 Å². The van der Waals surface area contributed by atoms with Gasteiger partial charge in [-0.2, -0.15) is 17.9 Å². The van der Waals surface area contributed by atoms with Crippen molar-refractivity contribution >= 4 is 11.9 Å². The highest BCUT2D eigenvalue weighted by Crippen LogP contribution is 2.41. The summed E-state index contributed by atoms with van der Waals surface area (Å²) in [5.74, 6) is -2.41. The van der Waals surface area contributed by atoms with Crippen LogP contribution in [-0.4, -0.2) is 39.0 Å². The second kappa shape index (κ2) is 6.15. The number of anilines is 1. The number of fused-ring (bicyclic) bond motifs is 1. The van der Waals surface area contributed by atoms with E-state index in [2.05, 4.69) is 15.5 Å². The predicted octanol–water partition coefficient (Wildman–Crippen LogP) is 2.21. The Labute approximate surface area is 138 Å². The smallest absolute Gasteiger partial charge is 0.431 e. The van der Waals surface area contributed by atoms with Gasteiger partial charge >= 0.3 is 12.1 Å². The Morgan fingerprint density at radius 3 is 2.72 bits per heavy atom. The number of halogens is 4. The van der Waals surface area contributed by atoms with Crippen LogP contribution in [0.2, 0.25) is 0 Å². The molecule has 25 heavy (non-hydrogen) atoms. The molecule has 1 aromatic heterocycles. The number of carbonyl (C=O) groups is 1. The number of carbonyl (C=O) groups excluding carboxylic acids is 1. The van der Waals surface area contributed by atoms with Crippen molar-refractivity contribution in [2.24, 2.45) is 0 Å². The lowest BCUT2D eigenvalue weighted by Crippen LogP contribution is -2.36. The largest absolute Gasteiger partial charge is 0.463 e. The number of rotatable bonds is 3. The number of nitrogens with zero attached hydrogens (tertiary/aromatic N) is 4. The van der Waals surface area contributed by atoms with Crippen molar-refractivity contribution in [2.45, 2.75) is 19.1 Å². The van der Waals surface area contributed by atoms with Crippen LogP contribution in [0.15, 0.2) is 35.5 Å². The van der Waals surface area contributed by atoms with E-state index < -0.39 is 35.3 Å². The van der Waals surface area contributed by atoms with Gasteiger partial charge in [-0.25, -0.2) is 9.18 Å². The molecule has 11 heteroatoms. The van der Waals surface area contributed by atoms with E-state index in [0.717, 1.165) is 10.7 Å². The van der Waals surface area contributed by atoms with Crippen molar-refractivity contribution in [3.63, 3.8) is 0 Å². The molecule has 1 N–H and O–H groups in total. The average molecular weight is 357 g/mol. The van der Waals surface area contributed by atoms with Gasteiger partial charge in [0.25, 0.3) is 0 Å². The van der Waals surface area contributed by atoms with E-state index in [1.807, 2.05) is 5.32 Å². The molecule has 0 radical (unpaired) electrons. The minimum atomic E-state index is -4.93. The van der Waals surface area contributed by atoms with E-state index in [-0.39, 0.29) is 18.1 Å². The molecule has 1 atom stereocenters. The van der Waals surface area contributed by atoms with Gasteiger partial charge in [0, 0.05) is 5.56 Å². The fourth-order valence-electron chi connectivity index (χ4n) is 2.52. The molecular weight excluding hydrogens is 346 g/mol. The number of alkyl halides is 3. The molecule has 0 amide bonds. The quantitative estimate of drug-likeness (QED) is 0.670. The van der Waals surface area contributed by atoms with Crippen LogP contribution in [0.4, 0.5) is 23.5 Å². The number of benzene rings is 1. The Morgan fingerprint density at radius 2 is 2.08 bits per heavy atom. The van der Waals surface area contributed by atoms with Gasteiger partial charge in [0.2, 0.25) is 5.95 Å². The SMILES string of the molecule is CCOC(=O)C1=C(C(F)(F)F)Nc2nnnn2C1c1ccccc1F. The summed E-state index contributed by atoms with van der Waals surface area (Å²) in [4.78, 5) is 12.3. The first-order valence-corrected chi connectivity index (χ1v) is 7.12. The molecule has 3 rings (SSSR count). The van der Waals surface area contributed by atoms with E-state index in [0.29, 0.717) is 0 Å². The van der Waals surface area contributed by atoms with Gasteiger partial charge in [0.05, 0.1) is 12.2 Å². The Kier molecular flexibility index (Phi) is 4.15. The number of tetrazole rings is 1. The van der Waals surface area contributed by atoms with Crippen LogP contribution in [0.1, 0.15) is 18.5 Å². The number of hydrogen-bond acceptors (Lipinski definition) is 6. The first kappa shape index (κ1) is 16.9. The zero-order chi connectivity index (χ0) is 18.2. The molecule has 0 bridgehead atoms. The molecule has 1 aliphatic rings. The lowest BCUT2D eigenvalue weighted by molar-refractivity contribution is -0.140. The van der Waals surface area contributed by atoms with Crippen LogP contribution in [0.3, 0.4) is 0 Å². The maximum Gasteiger partial charge on any atom is 0.431 e. The molecule has 1 unspecified atom stereocenters. The van der Waals surface area contributed by atoms with Crippen LogP contribution >= 0.6 is 0 Å². The Bertz CT molecular complexity index is 846. The van der Waals surface area contributed by atoms with Gasteiger partial charge < -0.3 is 10.1 Å². The highest BCUT2D eigenvalue weighted by atomic mass is 19.4. The number of nitrogens with one attached hydrogen (secondary N) is 1. The molecule has 0 aliphatic carbocycles. The predicted molar refractivity (Wildman–Crippen MR) is 75.7 cm³/mol. The van der Waals surface area contributed by atoms with E-state index in [9.17, 15) is 22.4 Å². The summed E-state index contributed by atoms with van der Waals surface area (Å²) in [5, 5.41) is 12.3. The summed E-state index contributed by atoms with van der Waals surface area (Å²) in [6, 6.07) is 3.60. The summed E-state index contributed by atoms with van der Waals surface area (Å²) in [6.07, 6.45) is -4.93. The monoisotopic (exact) mass is 357 g/mol. The number of aromatic nitrogens is 4. The van der Waals surface area contributed by atoms with Crippen LogP contribution in [0, 0.1) is 5.82 Å². The van der Waals surface area contributed by atoms with Gasteiger partial charge in [-0.05, 0) is 23.4 Å². The normalized spacial score (nSPS) is 17.1. The van der Waals surface area contributed by atoms with Crippen molar-refractivity contribution in [1.82, 2.24) is 20.2 Å². The van der Waals surface area contributed by atoms with E-state index in [1.54, 1.807) is 0 Å². The van der Waals surface area contributed by atoms with Gasteiger partial charge in [0.1, 0.15) is 17.6 Å². The Balaban J connectivity index is 2.28. The third kappa shape index (κ3) is 2.92. The van der Waals surface area contributed by atoms with E-state index in [1.165, 1.54) is 25.1 Å². The van der Waals surface area contributed by atoms with Gasteiger partial charge in [0.15, 0.2) is 0 Å². The third-order valence-electron chi connectivity index (χ3n) is 3.50. The van der Waals surface area contributed by atoms with Crippen molar-refractivity contribution < 1.29 is 27.1 Å². The molecule has 132 valence electrons. The third-order valence-corrected chi connectivity index (χ3v) is 3.50. The summed E-state index contributed by atoms with van der Waals surface area (Å²) >= 11 is 0. The first-order chi connectivity index (χ1) is 11.8. The maximum atomic E-state index is 14.3. The van der Waals surface area contributed by atoms with Crippen molar-refractivity contribution in [3.05, 3.63) is 46.9 Å². The fraction of sp³-hybridized carbons (Fsp3) is 0.286. The number of hydrogen-bond donors (Lipinski definition) is 1. The lowest BCUT2D eigenvalue weighted by Gasteiger charge is -2.29. The van der Waals surface area contributed by atoms with Crippen molar-refractivity contribution in [2.75, 3.05) is 11.9 Å². The molecule has 2 aromatic rings. The molecule has 0 fully saturated rings. The minimum absolute atomic E-state index is 0.153. The summed E-state index contributed by atoms with van der Waals surface area (Å²) in [5.41, 5.74) is -2.40. The molecule has 1 aliphatic heterocycles. The van der Waals surface area contributed by atoms with Crippen molar-refractivity contribution in [3.8, 4) is 0 Å². The van der Waals surface area contributed by atoms with Crippen LogP contribution < -0.4 is 5.32 Å².